The molecule has 0 fully saturated rings. The summed E-state index contributed by atoms with van der Waals surface area (Å²) in [5.74, 6) is -1.08. The van der Waals surface area contributed by atoms with Crippen molar-refractivity contribution in [2.24, 2.45) is 16.5 Å². The number of nitrogens with zero attached hydrogens (tertiary/aromatic N) is 2. The Morgan fingerprint density at radius 1 is 1.22 bits per heavy atom. The first-order chi connectivity index (χ1) is 15.0. The van der Waals surface area contributed by atoms with Gasteiger partial charge in [0.1, 0.15) is 17.7 Å². The summed E-state index contributed by atoms with van der Waals surface area (Å²) in [4.78, 5) is 43.6. The Kier molecular flexibility index (Phi) is 8.45. The van der Waals surface area contributed by atoms with E-state index in [-0.39, 0.29) is 18.9 Å². The standard InChI is InChI=1S/C22H33N5O5/c1-22(2,3)32-21(30)27-13-15-9-6-5-8-14(15)12-17(27)18(28)26-16(19(29)31-4)10-7-11-25-20(23)24/h5-6,8-9,16-17H,7,10-13H2,1-4H3,(H,26,28)(H4,23,24,25)/t16-,17-/m0/s1. The van der Waals surface area contributed by atoms with Gasteiger partial charge in [-0.25, -0.2) is 9.59 Å². The SMILES string of the molecule is COC(=O)[C@H](CCCN=C(N)N)NC(=O)[C@@H]1Cc2ccccc2CN1C(=O)OC(C)(C)C. The first kappa shape index (κ1) is 25.0. The zero-order valence-electron chi connectivity index (χ0n) is 19.1. The molecule has 0 spiro atoms. The minimum absolute atomic E-state index is 0.0440. The van der Waals surface area contributed by atoms with Gasteiger partial charge in [0, 0.05) is 13.0 Å². The summed E-state index contributed by atoms with van der Waals surface area (Å²) >= 11 is 0. The molecule has 0 unspecified atom stereocenters. The molecule has 32 heavy (non-hydrogen) atoms. The predicted octanol–water partition coefficient (Wildman–Crippen LogP) is 1.06. The monoisotopic (exact) mass is 447 g/mol. The molecule has 1 aromatic carbocycles. The number of methoxy groups -OCH3 is 1. The van der Waals surface area contributed by atoms with Crippen molar-refractivity contribution in [1.29, 1.82) is 0 Å². The lowest BCUT2D eigenvalue weighted by Crippen LogP contribution is -2.56. The fourth-order valence-corrected chi connectivity index (χ4v) is 3.43. The molecule has 2 rings (SSSR count). The van der Waals surface area contributed by atoms with Gasteiger partial charge in [-0.05, 0) is 44.7 Å². The number of carbonyl (C=O) groups is 3. The quantitative estimate of drug-likeness (QED) is 0.245. The van der Waals surface area contributed by atoms with Gasteiger partial charge in [-0.3, -0.25) is 14.7 Å². The van der Waals surface area contributed by atoms with Crippen molar-refractivity contribution in [3.05, 3.63) is 35.4 Å². The van der Waals surface area contributed by atoms with Crippen molar-refractivity contribution in [3.63, 3.8) is 0 Å². The summed E-state index contributed by atoms with van der Waals surface area (Å²) < 4.78 is 10.4. The topological polar surface area (TPSA) is 149 Å². The summed E-state index contributed by atoms with van der Waals surface area (Å²) in [6.45, 7) is 5.84. The number of fused-ring (bicyclic) bond motifs is 1. The molecule has 0 saturated heterocycles. The van der Waals surface area contributed by atoms with E-state index in [2.05, 4.69) is 10.3 Å². The maximum atomic E-state index is 13.2. The van der Waals surface area contributed by atoms with Gasteiger partial charge in [0.2, 0.25) is 5.91 Å². The number of guanidine groups is 1. The van der Waals surface area contributed by atoms with E-state index in [0.29, 0.717) is 19.4 Å². The molecule has 1 aromatic rings. The third-order valence-electron chi connectivity index (χ3n) is 4.93. The smallest absolute Gasteiger partial charge is 0.411 e. The van der Waals surface area contributed by atoms with Crippen LogP contribution in [0.1, 0.15) is 44.7 Å². The molecule has 1 aliphatic rings. The summed E-state index contributed by atoms with van der Waals surface area (Å²) in [5, 5.41) is 2.73. The van der Waals surface area contributed by atoms with E-state index in [4.69, 9.17) is 20.9 Å². The molecule has 5 N–H and O–H groups in total. The molecule has 0 radical (unpaired) electrons. The second-order valence-corrected chi connectivity index (χ2v) is 8.63. The van der Waals surface area contributed by atoms with E-state index >= 15 is 0 Å². The Bertz CT molecular complexity index is 861. The van der Waals surface area contributed by atoms with E-state index in [1.807, 2.05) is 24.3 Å². The Hall–Kier alpha value is -3.30. The van der Waals surface area contributed by atoms with Crippen LogP contribution >= 0.6 is 0 Å². The summed E-state index contributed by atoms with van der Waals surface area (Å²) in [7, 11) is 1.25. The van der Waals surface area contributed by atoms with Crippen LogP contribution in [0.4, 0.5) is 4.79 Å². The number of hydrogen-bond acceptors (Lipinski definition) is 6. The maximum absolute atomic E-state index is 13.2. The Balaban J connectivity index is 2.20. The number of esters is 1. The summed E-state index contributed by atoms with van der Waals surface area (Å²) in [6, 6.07) is 5.90. The Labute approximate surface area is 188 Å². The number of benzene rings is 1. The highest BCUT2D eigenvalue weighted by atomic mass is 16.6. The molecule has 0 aliphatic carbocycles. The van der Waals surface area contributed by atoms with Gasteiger partial charge < -0.3 is 26.3 Å². The van der Waals surface area contributed by atoms with Crippen molar-refractivity contribution in [2.75, 3.05) is 13.7 Å². The van der Waals surface area contributed by atoms with Crippen LogP contribution < -0.4 is 16.8 Å². The summed E-state index contributed by atoms with van der Waals surface area (Å²) in [6.07, 6.45) is 0.463. The third kappa shape index (κ3) is 7.14. The molecule has 0 aromatic heterocycles. The van der Waals surface area contributed by atoms with Gasteiger partial charge in [-0.2, -0.15) is 0 Å². The Morgan fingerprint density at radius 2 is 1.88 bits per heavy atom. The average molecular weight is 448 g/mol. The minimum Gasteiger partial charge on any atom is -0.467 e. The molecule has 0 bridgehead atoms. The highest BCUT2D eigenvalue weighted by Gasteiger charge is 2.38. The molecule has 10 nitrogen and oxygen atoms in total. The van der Waals surface area contributed by atoms with Crippen LogP contribution in [0.25, 0.3) is 0 Å². The second-order valence-electron chi connectivity index (χ2n) is 8.63. The van der Waals surface area contributed by atoms with Gasteiger partial charge in [-0.15, -0.1) is 0 Å². The predicted molar refractivity (Wildman–Crippen MR) is 120 cm³/mol. The van der Waals surface area contributed by atoms with Crippen LogP contribution in [0.15, 0.2) is 29.3 Å². The lowest BCUT2D eigenvalue weighted by Gasteiger charge is -2.37. The van der Waals surface area contributed by atoms with Gasteiger partial charge in [-0.1, -0.05) is 24.3 Å². The number of rotatable bonds is 7. The van der Waals surface area contributed by atoms with Gasteiger partial charge in [0.15, 0.2) is 5.96 Å². The highest BCUT2D eigenvalue weighted by Crippen LogP contribution is 2.25. The van der Waals surface area contributed by atoms with Crippen LogP contribution in [0.3, 0.4) is 0 Å². The lowest BCUT2D eigenvalue weighted by molar-refractivity contribution is -0.146. The largest absolute Gasteiger partial charge is 0.467 e. The van der Waals surface area contributed by atoms with Crippen LogP contribution in [0.5, 0.6) is 0 Å². The molecule has 176 valence electrons. The number of hydrogen-bond donors (Lipinski definition) is 3. The number of aliphatic imine (C=N–C) groups is 1. The van der Waals surface area contributed by atoms with Crippen molar-refractivity contribution in [3.8, 4) is 0 Å². The maximum Gasteiger partial charge on any atom is 0.411 e. The van der Waals surface area contributed by atoms with Gasteiger partial charge in [0.25, 0.3) is 0 Å². The normalized spacial score (nSPS) is 16.4. The van der Waals surface area contributed by atoms with Crippen molar-refractivity contribution in [2.45, 2.75) is 64.3 Å². The number of nitrogens with one attached hydrogen (secondary N) is 1. The van der Waals surface area contributed by atoms with Crippen LogP contribution in [-0.4, -0.2) is 60.2 Å². The lowest BCUT2D eigenvalue weighted by atomic mass is 9.93. The molecular weight excluding hydrogens is 414 g/mol. The van der Waals surface area contributed by atoms with Crippen LogP contribution in [-0.2, 0) is 32.0 Å². The van der Waals surface area contributed by atoms with Crippen molar-refractivity contribution in [1.82, 2.24) is 10.2 Å². The first-order valence-electron chi connectivity index (χ1n) is 10.5. The van der Waals surface area contributed by atoms with E-state index in [0.717, 1.165) is 11.1 Å². The number of amides is 2. The minimum atomic E-state index is -0.889. The molecule has 1 aliphatic heterocycles. The first-order valence-corrected chi connectivity index (χ1v) is 10.5. The number of carbonyl (C=O) groups excluding carboxylic acids is 3. The molecule has 1 heterocycles. The number of nitrogens with two attached hydrogens (primary N) is 2. The van der Waals surface area contributed by atoms with Crippen LogP contribution in [0.2, 0.25) is 0 Å². The molecule has 2 amide bonds. The van der Waals surface area contributed by atoms with E-state index < -0.39 is 35.7 Å². The molecular formula is C22H33N5O5. The fourth-order valence-electron chi connectivity index (χ4n) is 3.43. The molecule has 10 heteroatoms. The summed E-state index contributed by atoms with van der Waals surface area (Å²) in [5.41, 5.74) is 11.8. The van der Waals surface area contributed by atoms with Gasteiger partial charge in [0.05, 0.1) is 13.7 Å². The molecule has 2 atom stereocenters. The second kappa shape index (κ2) is 10.8. The Morgan fingerprint density at radius 3 is 2.47 bits per heavy atom. The zero-order chi connectivity index (χ0) is 23.9. The van der Waals surface area contributed by atoms with Crippen molar-refractivity contribution >= 4 is 23.9 Å². The van der Waals surface area contributed by atoms with Crippen LogP contribution in [0, 0.1) is 0 Å². The number of ether oxygens (including phenoxy) is 2. The van der Waals surface area contributed by atoms with E-state index in [1.165, 1.54) is 12.0 Å². The fraction of sp³-hybridized carbons (Fsp3) is 0.545. The van der Waals surface area contributed by atoms with Crippen molar-refractivity contribution < 1.29 is 23.9 Å². The average Bonchev–Trinajstić information content (AvgIpc) is 2.72. The van der Waals surface area contributed by atoms with Gasteiger partial charge >= 0.3 is 12.1 Å². The zero-order valence-corrected chi connectivity index (χ0v) is 19.1. The third-order valence-corrected chi connectivity index (χ3v) is 4.93. The molecule has 0 saturated carbocycles. The highest BCUT2D eigenvalue weighted by molar-refractivity contribution is 5.90. The van der Waals surface area contributed by atoms with E-state index in [1.54, 1.807) is 20.8 Å². The van der Waals surface area contributed by atoms with E-state index in [9.17, 15) is 14.4 Å².